The maximum atomic E-state index is 14.0. The summed E-state index contributed by atoms with van der Waals surface area (Å²) < 4.78 is 30.6. The zero-order valence-electron chi connectivity index (χ0n) is 27.1. The number of rotatable bonds is 12. The first-order chi connectivity index (χ1) is 21.9. The van der Waals surface area contributed by atoms with Crippen LogP contribution in [0.1, 0.15) is 42.3 Å². The molecule has 1 fully saturated rings. The van der Waals surface area contributed by atoms with Gasteiger partial charge in [0.1, 0.15) is 37.3 Å². The minimum Gasteiger partial charge on any atom is -0.460 e. The molecule has 2 heterocycles. The van der Waals surface area contributed by atoms with Crippen molar-refractivity contribution in [1.29, 1.82) is 0 Å². The Kier molecular flexibility index (Phi) is 9.95. The Morgan fingerprint density at radius 3 is 1.80 bits per heavy atom. The second-order valence-corrected chi connectivity index (χ2v) is 18.2. The molecule has 0 N–H and O–H groups in total. The molecule has 3 aromatic rings. The first-order valence-corrected chi connectivity index (χ1v) is 18.5. The normalized spacial score (nSPS) is 22.2. The van der Waals surface area contributed by atoms with Gasteiger partial charge in [-0.25, -0.2) is 4.79 Å². The standard InChI is InChI=1S/C37H42O8Si/c1-36(2,3)46(4,5)44-25-37-21-29(24-43-33(38)28-19-13-8-14-20-28)32(45-37)30(34(39)41-22-26-15-9-6-10-16-26)31(37)35(40)42-23-27-17-11-7-12-18-27/h6-21,30-32H,22-25H2,1-5H3/t30-,31-,32+,37-/m0/s1. The lowest BCUT2D eigenvalue weighted by atomic mass is 9.73. The summed E-state index contributed by atoms with van der Waals surface area (Å²) in [6, 6.07) is 27.4. The molecule has 1 saturated heterocycles. The zero-order chi connectivity index (χ0) is 33.0. The quantitative estimate of drug-likeness (QED) is 0.0937. The van der Waals surface area contributed by atoms with Crippen LogP contribution in [-0.2, 0) is 46.2 Å². The number of benzene rings is 3. The lowest BCUT2D eigenvalue weighted by Crippen LogP contribution is -2.51. The van der Waals surface area contributed by atoms with Gasteiger partial charge in [-0.15, -0.1) is 0 Å². The van der Waals surface area contributed by atoms with Crippen LogP contribution in [-0.4, -0.2) is 51.1 Å². The van der Waals surface area contributed by atoms with Crippen LogP contribution < -0.4 is 0 Å². The van der Waals surface area contributed by atoms with Gasteiger partial charge in [0.15, 0.2) is 8.32 Å². The fraction of sp³-hybridized carbons (Fsp3) is 0.378. The molecule has 3 aromatic carbocycles. The summed E-state index contributed by atoms with van der Waals surface area (Å²) >= 11 is 0. The molecule has 0 spiro atoms. The molecule has 9 heteroatoms. The van der Waals surface area contributed by atoms with E-state index in [1.165, 1.54) is 0 Å². The predicted octanol–water partition coefficient (Wildman–Crippen LogP) is 6.66. The second kappa shape index (κ2) is 13.7. The van der Waals surface area contributed by atoms with Crippen molar-refractivity contribution in [3.63, 3.8) is 0 Å². The van der Waals surface area contributed by atoms with Crippen LogP contribution in [0.5, 0.6) is 0 Å². The molecular weight excluding hydrogens is 600 g/mol. The van der Waals surface area contributed by atoms with Gasteiger partial charge in [-0.2, -0.15) is 0 Å². The molecule has 0 aromatic heterocycles. The van der Waals surface area contributed by atoms with Gasteiger partial charge >= 0.3 is 17.9 Å². The van der Waals surface area contributed by atoms with Crippen LogP contribution in [0.2, 0.25) is 18.1 Å². The molecule has 0 saturated carbocycles. The minimum absolute atomic E-state index is 0.0314. The van der Waals surface area contributed by atoms with Crippen LogP contribution in [0.4, 0.5) is 0 Å². The molecule has 0 radical (unpaired) electrons. The lowest BCUT2D eigenvalue weighted by Gasteiger charge is -2.40. The smallest absolute Gasteiger partial charge is 0.338 e. The number of carbonyl (C=O) groups is 3. The van der Waals surface area contributed by atoms with Gasteiger partial charge < -0.3 is 23.4 Å². The van der Waals surface area contributed by atoms with Crippen LogP contribution in [0.25, 0.3) is 0 Å². The highest BCUT2D eigenvalue weighted by Crippen LogP contribution is 2.52. The Balaban J connectivity index is 1.46. The van der Waals surface area contributed by atoms with Crippen molar-refractivity contribution in [3.05, 3.63) is 119 Å². The summed E-state index contributed by atoms with van der Waals surface area (Å²) in [7, 11) is -2.33. The Morgan fingerprint density at radius 2 is 1.26 bits per heavy atom. The number of esters is 3. The van der Waals surface area contributed by atoms with Crippen LogP contribution in [0.15, 0.2) is 103 Å². The molecule has 0 unspecified atom stereocenters. The number of carbonyl (C=O) groups excluding carboxylic acids is 3. The maximum absolute atomic E-state index is 14.0. The summed E-state index contributed by atoms with van der Waals surface area (Å²) in [5, 5.41) is -0.116. The number of hydrogen-bond acceptors (Lipinski definition) is 8. The first-order valence-electron chi connectivity index (χ1n) is 15.6. The van der Waals surface area contributed by atoms with Crippen molar-refractivity contribution in [1.82, 2.24) is 0 Å². The predicted molar refractivity (Wildman–Crippen MR) is 175 cm³/mol. The van der Waals surface area contributed by atoms with Crippen molar-refractivity contribution >= 4 is 26.2 Å². The summed E-state index contributed by atoms with van der Waals surface area (Å²) in [5.41, 5.74) is 1.30. The van der Waals surface area contributed by atoms with Crippen LogP contribution in [0, 0.1) is 11.8 Å². The van der Waals surface area contributed by atoms with Gasteiger partial charge in [0.25, 0.3) is 0 Å². The Bertz CT molecular complexity index is 1550. The van der Waals surface area contributed by atoms with E-state index in [1.807, 2.05) is 66.7 Å². The van der Waals surface area contributed by atoms with E-state index in [1.54, 1.807) is 30.3 Å². The molecule has 2 aliphatic heterocycles. The third kappa shape index (κ3) is 7.33. The average Bonchev–Trinajstić information content (AvgIpc) is 3.59. The molecule has 0 aliphatic carbocycles. The molecule has 0 amide bonds. The van der Waals surface area contributed by atoms with E-state index >= 15 is 0 Å². The van der Waals surface area contributed by atoms with Crippen molar-refractivity contribution in [3.8, 4) is 0 Å². The summed E-state index contributed by atoms with van der Waals surface area (Å²) in [6.45, 7) is 10.6. The molecule has 5 rings (SSSR count). The van der Waals surface area contributed by atoms with Crippen molar-refractivity contribution in [2.24, 2.45) is 11.8 Å². The molecule has 8 nitrogen and oxygen atoms in total. The summed E-state index contributed by atoms with van der Waals surface area (Å²) in [5.74, 6) is -3.75. The van der Waals surface area contributed by atoms with Crippen molar-refractivity contribution < 1.29 is 37.8 Å². The van der Waals surface area contributed by atoms with E-state index in [4.69, 9.17) is 23.4 Å². The van der Waals surface area contributed by atoms with Gasteiger partial charge in [0.05, 0.1) is 18.3 Å². The second-order valence-electron chi connectivity index (χ2n) is 13.4. The van der Waals surface area contributed by atoms with Gasteiger partial charge in [-0.3, -0.25) is 9.59 Å². The Hall–Kier alpha value is -4.05. The van der Waals surface area contributed by atoms with Gasteiger partial charge in [-0.1, -0.05) is 99.6 Å². The Labute approximate surface area is 271 Å². The average molecular weight is 643 g/mol. The van der Waals surface area contributed by atoms with E-state index in [9.17, 15) is 14.4 Å². The van der Waals surface area contributed by atoms with Gasteiger partial charge in [0, 0.05) is 0 Å². The number of ether oxygens (including phenoxy) is 4. The lowest BCUT2D eigenvalue weighted by molar-refractivity contribution is -0.163. The van der Waals surface area contributed by atoms with E-state index in [0.717, 1.165) is 11.1 Å². The highest BCUT2D eigenvalue weighted by Gasteiger charge is 2.66. The van der Waals surface area contributed by atoms with Crippen LogP contribution >= 0.6 is 0 Å². The third-order valence-electron chi connectivity index (χ3n) is 9.17. The summed E-state index contributed by atoms with van der Waals surface area (Å²) in [4.78, 5) is 40.8. The largest absolute Gasteiger partial charge is 0.460 e. The highest BCUT2D eigenvalue weighted by atomic mass is 28.4. The van der Waals surface area contributed by atoms with E-state index < -0.39 is 49.8 Å². The topological polar surface area (TPSA) is 97.4 Å². The molecular formula is C37H42O8Si. The SMILES string of the molecule is CC(C)(C)[Si](C)(C)OC[C@]12C=C(COC(=O)c3ccccc3)[C@@H](O1)[C@@H](C(=O)OCc1ccccc1)[C@H]2C(=O)OCc1ccccc1. The van der Waals surface area contributed by atoms with Crippen LogP contribution in [0.3, 0.4) is 0 Å². The molecule has 2 bridgehead atoms. The third-order valence-corrected chi connectivity index (χ3v) is 13.6. The van der Waals surface area contributed by atoms with E-state index in [-0.39, 0.29) is 31.5 Å². The van der Waals surface area contributed by atoms with E-state index in [0.29, 0.717) is 11.1 Å². The van der Waals surface area contributed by atoms with Gasteiger partial charge in [0.2, 0.25) is 0 Å². The van der Waals surface area contributed by atoms with Gasteiger partial charge in [-0.05, 0) is 53.0 Å². The summed E-state index contributed by atoms with van der Waals surface area (Å²) in [6.07, 6.45) is 0.933. The zero-order valence-corrected chi connectivity index (χ0v) is 28.1. The highest BCUT2D eigenvalue weighted by molar-refractivity contribution is 6.74. The van der Waals surface area contributed by atoms with E-state index in [2.05, 4.69) is 33.9 Å². The molecule has 242 valence electrons. The molecule has 2 aliphatic rings. The fourth-order valence-corrected chi connectivity index (χ4v) is 6.56. The monoisotopic (exact) mass is 642 g/mol. The molecule has 4 atom stereocenters. The molecule has 46 heavy (non-hydrogen) atoms. The van der Waals surface area contributed by atoms with Crippen molar-refractivity contribution in [2.75, 3.05) is 13.2 Å². The minimum atomic E-state index is -2.33. The van der Waals surface area contributed by atoms with Crippen molar-refractivity contribution in [2.45, 2.75) is 63.8 Å². The number of fused-ring (bicyclic) bond motifs is 2. The Morgan fingerprint density at radius 1 is 0.739 bits per heavy atom. The fourth-order valence-electron chi connectivity index (χ4n) is 5.54. The first kappa shape index (κ1) is 33.3. The number of hydrogen-bond donors (Lipinski definition) is 0. The maximum Gasteiger partial charge on any atom is 0.338 e.